The molecule has 0 bridgehead atoms. The molecule has 0 saturated carbocycles. The summed E-state index contributed by atoms with van der Waals surface area (Å²) in [5.74, 6) is 0.679. The van der Waals surface area contributed by atoms with Crippen molar-refractivity contribution in [3.05, 3.63) is 28.2 Å². The van der Waals surface area contributed by atoms with Gasteiger partial charge in [-0.2, -0.15) is 4.31 Å². The molecule has 0 radical (unpaired) electrons. The largest absolute Gasteiger partial charge is 0.316 e. The quantitative estimate of drug-likeness (QED) is 0.893. The highest BCUT2D eigenvalue weighted by Gasteiger charge is 2.54. The van der Waals surface area contributed by atoms with E-state index in [4.69, 9.17) is 23.2 Å². The van der Waals surface area contributed by atoms with Crippen LogP contribution in [-0.2, 0) is 10.0 Å². The Labute approximate surface area is 135 Å². The van der Waals surface area contributed by atoms with Gasteiger partial charge in [-0.05, 0) is 44.4 Å². The predicted octanol–water partition coefficient (Wildman–Crippen LogP) is 2.61. The number of sulfonamides is 1. The molecule has 2 atom stereocenters. The summed E-state index contributed by atoms with van der Waals surface area (Å²) in [4.78, 5) is 0.0951. The molecule has 0 aromatic heterocycles. The average molecular weight is 349 g/mol. The molecule has 0 amide bonds. The molecular weight excluding hydrogens is 331 g/mol. The van der Waals surface area contributed by atoms with Gasteiger partial charge in [-0.15, -0.1) is 0 Å². The minimum atomic E-state index is -3.65. The number of benzene rings is 1. The van der Waals surface area contributed by atoms with Crippen molar-refractivity contribution in [3.8, 4) is 0 Å². The number of halogens is 2. The van der Waals surface area contributed by atoms with Crippen LogP contribution in [0.3, 0.4) is 0 Å². The highest BCUT2D eigenvalue weighted by Crippen LogP contribution is 2.44. The van der Waals surface area contributed by atoms with Gasteiger partial charge in [0.1, 0.15) is 4.90 Å². The molecule has 2 aliphatic heterocycles. The molecule has 2 unspecified atom stereocenters. The Morgan fingerprint density at radius 2 is 2.00 bits per heavy atom. The summed E-state index contributed by atoms with van der Waals surface area (Å²) in [6.07, 6.45) is 0. The maximum absolute atomic E-state index is 13.0. The molecule has 0 aliphatic carbocycles. The van der Waals surface area contributed by atoms with E-state index < -0.39 is 15.6 Å². The van der Waals surface area contributed by atoms with Crippen LogP contribution in [0, 0.1) is 11.8 Å². The predicted molar refractivity (Wildman–Crippen MR) is 84.3 cm³/mol. The number of hydrogen-bond donors (Lipinski definition) is 1. The van der Waals surface area contributed by atoms with Gasteiger partial charge in [-0.3, -0.25) is 0 Å². The minimum absolute atomic E-state index is 0.0951. The van der Waals surface area contributed by atoms with Gasteiger partial charge in [-0.25, -0.2) is 8.42 Å². The van der Waals surface area contributed by atoms with Crippen molar-refractivity contribution < 1.29 is 8.42 Å². The molecule has 7 heteroatoms. The fourth-order valence-electron chi connectivity index (χ4n) is 3.59. The van der Waals surface area contributed by atoms with Crippen molar-refractivity contribution in [1.82, 2.24) is 9.62 Å². The zero-order valence-electron chi connectivity index (χ0n) is 11.9. The number of hydrogen-bond acceptors (Lipinski definition) is 3. The zero-order chi connectivity index (χ0) is 15.4. The fourth-order valence-corrected chi connectivity index (χ4v) is 6.21. The van der Waals surface area contributed by atoms with Crippen LogP contribution < -0.4 is 5.32 Å². The van der Waals surface area contributed by atoms with Gasteiger partial charge in [0, 0.05) is 18.6 Å². The highest BCUT2D eigenvalue weighted by atomic mass is 35.5. The number of nitrogens with zero attached hydrogens (tertiary/aromatic N) is 1. The molecule has 2 fully saturated rings. The first kappa shape index (κ1) is 15.6. The lowest BCUT2D eigenvalue weighted by molar-refractivity contribution is 0.233. The molecule has 116 valence electrons. The first-order valence-electron chi connectivity index (χ1n) is 6.94. The average Bonchev–Trinajstić information content (AvgIpc) is 2.95. The Morgan fingerprint density at radius 1 is 1.29 bits per heavy atom. The molecule has 4 nitrogen and oxygen atoms in total. The van der Waals surface area contributed by atoms with Crippen LogP contribution in [0.15, 0.2) is 23.1 Å². The van der Waals surface area contributed by atoms with Crippen molar-refractivity contribution in [2.75, 3.05) is 19.6 Å². The second-order valence-electron chi connectivity index (χ2n) is 6.27. The van der Waals surface area contributed by atoms with Crippen molar-refractivity contribution >= 4 is 33.2 Å². The lowest BCUT2D eigenvalue weighted by Crippen LogP contribution is -2.47. The van der Waals surface area contributed by atoms with Gasteiger partial charge in [0.05, 0.1) is 10.0 Å². The molecular formula is C14H18Cl2N2O2S. The number of nitrogens with one attached hydrogen (secondary N) is 1. The summed E-state index contributed by atoms with van der Waals surface area (Å²) < 4.78 is 27.6. The Balaban J connectivity index is 2.05. The van der Waals surface area contributed by atoms with Gasteiger partial charge in [-0.1, -0.05) is 29.3 Å². The maximum atomic E-state index is 13.0. The third-order valence-corrected chi connectivity index (χ3v) is 7.80. The Hall–Kier alpha value is -0.330. The van der Waals surface area contributed by atoms with Crippen LogP contribution in [0.5, 0.6) is 0 Å². The summed E-state index contributed by atoms with van der Waals surface area (Å²) in [6, 6.07) is 4.73. The molecule has 3 rings (SSSR count). The topological polar surface area (TPSA) is 49.4 Å². The van der Waals surface area contributed by atoms with Gasteiger partial charge in [0.25, 0.3) is 0 Å². The summed E-state index contributed by atoms with van der Waals surface area (Å²) in [7, 11) is -3.65. The van der Waals surface area contributed by atoms with E-state index in [0.29, 0.717) is 18.4 Å². The van der Waals surface area contributed by atoms with Crippen LogP contribution in [0.2, 0.25) is 10.0 Å². The van der Waals surface area contributed by atoms with Crippen LogP contribution >= 0.6 is 23.2 Å². The maximum Gasteiger partial charge on any atom is 0.245 e. The van der Waals surface area contributed by atoms with Gasteiger partial charge in [0.15, 0.2) is 0 Å². The smallest absolute Gasteiger partial charge is 0.245 e. The SMILES string of the molecule is CC1(C)C2CNCC2CN1S(=O)(=O)c1cccc(Cl)c1Cl. The molecule has 21 heavy (non-hydrogen) atoms. The van der Waals surface area contributed by atoms with Gasteiger partial charge >= 0.3 is 0 Å². The van der Waals surface area contributed by atoms with Crippen molar-refractivity contribution in [3.63, 3.8) is 0 Å². The molecule has 1 aromatic carbocycles. The van der Waals surface area contributed by atoms with Crippen LogP contribution in [0.25, 0.3) is 0 Å². The van der Waals surface area contributed by atoms with Crippen LogP contribution in [0.1, 0.15) is 13.8 Å². The molecule has 2 aliphatic rings. The van der Waals surface area contributed by atoms with E-state index in [-0.39, 0.29) is 14.9 Å². The lowest BCUT2D eigenvalue weighted by Gasteiger charge is -2.34. The van der Waals surface area contributed by atoms with E-state index in [1.165, 1.54) is 6.07 Å². The summed E-state index contributed by atoms with van der Waals surface area (Å²) in [6.45, 7) is 6.22. The molecule has 2 heterocycles. The Bertz CT molecular complexity index is 676. The highest BCUT2D eigenvalue weighted by molar-refractivity contribution is 7.89. The van der Waals surface area contributed by atoms with Crippen molar-refractivity contribution in [2.45, 2.75) is 24.3 Å². The third kappa shape index (κ3) is 2.30. The molecule has 0 spiro atoms. The van der Waals surface area contributed by atoms with Gasteiger partial charge in [0.2, 0.25) is 10.0 Å². The molecule has 1 aromatic rings. The van der Waals surface area contributed by atoms with E-state index in [1.807, 2.05) is 13.8 Å². The summed E-state index contributed by atoms with van der Waals surface area (Å²) >= 11 is 12.1. The minimum Gasteiger partial charge on any atom is -0.316 e. The van der Waals surface area contributed by atoms with Crippen LogP contribution in [0.4, 0.5) is 0 Å². The van der Waals surface area contributed by atoms with Crippen molar-refractivity contribution in [2.24, 2.45) is 11.8 Å². The standard InChI is InChI=1S/C14H18Cl2N2O2S/c1-14(2)10-7-17-6-9(10)8-18(14)21(19,20)12-5-3-4-11(15)13(12)16/h3-5,9-10,17H,6-8H2,1-2H3. The monoisotopic (exact) mass is 348 g/mol. The fraction of sp³-hybridized carbons (Fsp3) is 0.571. The Kier molecular flexibility index (Phi) is 3.78. The van der Waals surface area contributed by atoms with E-state index in [9.17, 15) is 8.42 Å². The normalized spacial score (nSPS) is 28.8. The first-order chi connectivity index (χ1) is 9.76. The Morgan fingerprint density at radius 3 is 2.67 bits per heavy atom. The molecule has 1 N–H and O–H groups in total. The molecule has 2 saturated heterocycles. The van der Waals surface area contributed by atoms with E-state index in [2.05, 4.69) is 5.32 Å². The van der Waals surface area contributed by atoms with E-state index in [1.54, 1.807) is 16.4 Å². The van der Waals surface area contributed by atoms with E-state index in [0.717, 1.165) is 13.1 Å². The second kappa shape index (κ2) is 5.10. The van der Waals surface area contributed by atoms with Crippen LogP contribution in [-0.4, -0.2) is 37.9 Å². The summed E-state index contributed by atoms with van der Waals surface area (Å²) in [5.41, 5.74) is -0.432. The third-order valence-electron chi connectivity index (χ3n) is 4.77. The van der Waals surface area contributed by atoms with E-state index >= 15 is 0 Å². The van der Waals surface area contributed by atoms with Gasteiger partial charge < -0.3 is 5.32 Å². The zero-order valence-corrected chi connectivity index (χ0v) is 14.3. The van der Waals surface area contributed by atoms with Crippen molar-refractivity contribution in [1.29, 1.82) is 0 Å². The number of fused-ring (bicyclic) bond motifs is 1. The summed E-state index contributed by atoms with van der Waals surface area (Å²) in [5, 5.41) is 3.71. The second-order valence-corrected chi connectivity index (χ2v) is 8.88. The first-order valence-corrected chi connectivity index (χ1v) is 9.13. The number of rotatable bonds is 2. The lowest BCUT2D eigenvalue weighted by atomic mass is 9.85.